The van der Waals surface area contributed by atoms with E-state index in [1.54, 1.807) is 13.0 Å². The zero-order valence-electron chi connectivity index (χ0n) is 7.19. The highest BCUT2D eigenvalue weighted by Crippen LogP contribution is 2.06. The molecule has 0 saturated carbocycles. The van der Waals surface area contributed by atoms with Gasteiger partial charge in [-0.1, -0.05) is 6.08 Å². The summed E-state index contributed by atoms with van der Waals surface area (Å²) in [6.45, 7) is 7.15. The van der Waals surface area contributed by atoms with Crippen molar-refractivity contribution in [2.45, 2.75) is 19.7 Å². The maximum Gasteiger partial charge on any atom is 0.345 e. The molecule has 0 aromatic rings. The van der Waals surface area contributed by atoms with Crippen LogP contribution in [0.15, 0.2) is 12.7 Å². The van der Waals surface area contributed by atoms with Crippen molar-refractivity contribution in [3.05, 3.63) is 12.7 Å². The van der Waals surface area contributed by atoms with Gasteiger partial charge in [-0.05, 0) is 13.8 Å². The maximum atomic E-state index is 9.99. The number of carbonyl (C=O) groups is 1. The van der Waals surface area contributed by atoms with E-state index in [0.29, 0.717) is 0 Å². The molecule has 0 aliphatic heterocycles. The van der Waals surface area contributed by atoms with Crippen LogP contribution in [-0.4, -0.2) is 23.5 Å². The number of carboxylic acid groups (broad SMARTS) is 1. The third kappa shape index (κ3) is 9.27. The lowest BCUT2D eigenvalue weighted by Crippen LogP contribution is -2.16. The summed E-state index contributed by atoms with van der Waals surface area (Å²) in [5.74, 6) is -2.40. The number of allylic oxidation sites excluding steroid dienone is 1. The van der Waals surface area contributed by atoms with Gasteiger partial charge in [0.1, 0.15) is 0 Å². The lowest BCUT2D eigenvalue weighted by atomic mass is 10.7. The third-order valence-corrected chi connectivity index (χ3v) is 1.19. The van der Waals surface area contributed by atoms with Crippen LogP contribution < -0.4 is 0 Å². The van der Waals surface area contributed by atoms with E-state index < -0.39 is 20.3 Å². The van der Waals surface area contributed by atoms with Gasteiger partial charge >= 0.3 is 5.97 Å². The highest BCUT2D eigenvalue weighted by Gasteiger charge is 2.16. The second-order valence-electron chi connectivity index (χ2n) is 1.66. The second-order valence-corrected chi connectivity index (χ2v) is 2.34. The van der Waals surface area contributed by atoms with Crippen LogP contribution in [0.3, 0.4) is 0 Å². The van der Waals surface area contributed by atoms with Gasteiger partial charge in [-0.3, -0.25) is 4.57 Å². The summed E-state index contributed by atoms with van der Waals surface area (Å²) >= 11 is 0. The molecule has 0 aromatic carbocycles. The van der Waals surface area contributed by atoms with Crippen LogP contribution in [0.1, 0.15) is 13.8 Å². The van der Waals surface area contributed by atoms with Gasteiger partial charge in [0.15, 0.2) is 8.46 Å². The average molecular weight is 192 g/mol. The lowest BCUT2D eigenvalue weighted by Gasteiger charge is -2.00. The van der Waals surface area contributed by atoms with Crippen LogP contribution in [0.4, 0.5) is 0 Å². The number of carboxylic acids is 1. The molecule has 5 heteroatoms. The van der Waals surface area contributed by atoms with Crippen molar-refractivity contribution >= 4 is 14.4 Å². The Kier molecular flexibility index (Phi) is 11.8. The summed E-state index contributed by atoms with van der Waals surface area (Å²) < 4.78 is 14.5. The summed E-state index contributed by atoms with van der Waals surface area (Å²) in [5.41, 5.74) is 0. The van der Waals surface area contributed by atoms with Gasteiger partial charge in [-0.25, -0.2) is 4.79 Å². The highest BCUT2D eigenvalue weighted by molar-refractivity contribution is 7.26. The monoisotopic (exact) mass is 192 g/mol. The SMILES string of the molecule is C=CC.CCOC(P=O)C(=O)O. The fraction of sp³-hybridized carbons (Fsp3) is 0.571. The first-order valence-corrected chi connectivity index (χ1v) is 4.26. The Balaban J connectivity index is 0. The first-order chi connectivity index (χ1) is 5.63. The lowest BCUT2D eigenvalue weighted by molar-refractivity contribution is -0.144. The van der Waals surface area contributed by atoms with Gasteiger partial charge in [0.2, 0.25) is 5.85 Å². The summed E-state index contributed by atoms with van der Waals surface area (Å²) in [6.07, 6.45) is 1.75. The minimum Gasteiger partial charge on any atom is -0.479 e. The second kappa shape index (κ2) is 10.3. The number of hydrogen-bond acceptors (Lipinski definition) is 3. The van der Waals surface area contributed by atoms with Crippen molar-refractivity contribution in [1.29, 1.82) is 0 Å². The van der Waals surface area contributed by atoms with Crippen LogP contribution in [0.2, 0.25) is 0 Å². The molecule has 0 aliphatic rings. The normalized spacial score (nSPS) is 11.2. The topological polar surface area (TPSA) is 63.6 Å². The molecule has 0 saturated heterocycles. The molecule has 1 atom stereocenters. The molecule has 1 unspecified atom stereocenters. The Hall–Kier alpha value is -0.730. The van der Waals surface area contributed by atoms with Crippen molar-refractivity contribution < 1.29 is 19.2 Å². The molecule has 1 N–H and O–H groups in total. The van der Waals surface area contributed by atoms with Crippen LogP contribution in [0.25, 0.3) is 0 Å². The molecule has 0 heterocycles. The largest absolute Gasteiger partial charge is 0.479 e. The number of hydrogen-bond donors (Lipinski definition) is 1. The van der Waals surface area contributed by atoms with Crippen LogP contribution in [0.5, 0.6) is 0 Å². The number of rotatable bonds is 4. The molecule has 0 aromatic heterocycles. The van der Waals surface area contributed by atoms with Crippen LogP contribution in [0, 0.1) is 0 Å². The van der Waals surface area contributed by atoms with E-state index in [9.17, 15) is 9.36 Å². The molecule has 0 spiro atoms. The van der Waals surface area contributed by atoms with E-state index in [-0.39, 0.29) is 6.61 Å². The molecule has 0 amide bonds. The van der Waals surface area contributed by atoms with Crippen molar-refractivity contribution in [3.63, 3.8) is 0 Å². The van der Waals surface area contributed by atoms with E-state index in [1.807, 2.05) is 6.92 Å². The first-order valence-electron chi connectivity index (χ1n) is 3.37. The van der Waals surface area contributed by atoms with Crippen molar-refractivity contribution in [1.82, 2.24) is 0 Å². The van der Waals surface area contributed by atoms with Gasteiger partial charge in [0.05, 0.1) is 0 Å². The average Bonchev–Trinajstić information content (AvgIpc) is 2.01. The zero-order chi connectivity index (χ0) is 9.98. The predicted molar refractivity (Wildman–Crippen MR) is 46.5 cm³/mol. The molecule has 70 valence electrons. The number of ether oxygens (including phenoxy) is 1. The summed E-state index contributed by atoms with van der Waals surface area (Å²) in [7, 11) is -0.502. The summed E-state index contributed by atoms with van der Waals surface area (Å²) in [6, 6.07) is 0. The summed E-state index contributed by atoms with van der Waals surface area (Å²) in [5, 5.41) is 8.17. The Labute approximate surface area is 73.4 Å². The molecular formula is C7H13O4P. The van der Waals surface area contributed by atoms with Crippen LogP contribution >= 0.6 is 8.46 Å². The molecular weight excluding hydrogens is 179 g/mol. The van der Waals surface area contributed by atoms with E-state index in [2.05, 4.69) is 11.3 Å². The Morgan fingerprint density at radius 1 is 1.83 bits per heavy atom. The zero-order valence-corrected chi connectivity index (χ0v) is 8.08. The first kappa shape index (κ1) is 13.8. The molecule has 0 aliphatic carbocycles. The van der Waals surface area contributed by atoms with Crippen molar-refractivity contribution in [2.24, 2.45) is 0 Å². The Bertz CT molecular complexity index is 146. The minimum absolute atomic E-state index is 0.256. The fourth-order valence-electron chi connectivity index (χ4n) is 0.305. The standard InChI is InChI=1S/C4H7O4P.C3H6/c1-2-8-4(9-7)3(5)6;1-3-2/h4H,2H2,1H3,(H,5,6);3H,1H2,2H3. The quantitative estimate of drug-likeness (QED) is 0.545. The van der Waals surface area contributed by atoms with Crippen molar-refractivity contribution in [3.8, 4) is 0 Å². The number of aliphatic carboxylic acids is 1. The smallest absolute Gasteiger partial charge is 0.345 e. The minimum atomic E-state index is -1.20. The van der Waals surface area contributed by atoms with E-state index in [4.69, 9.17) is 5.11 Å². The van der Waals surface area contributed by atoms with Gasteiger partial charge in [0, 0.05) is 6.61 Å². The molecule has 4 nitrogen and oxygen atoms in total. The van der Waals surface area contributed by atoms with Gasteiger partial charge in [-0.15, -0.1) is 6.58 Å². The van der Waals surface area contributed by atoms with E-state index in [0.717, 1.165) is 0 Å². The molecule has 0 bridgehead atoms. The molecule has 12 heavy (non-hydrogen) atoms. The van der Waals surface area contributed by atoms with Gasteiger partial charge < -0.3 is 9.84 Å². The molecule has 0 radical (unpaired) electrons. The predicted octanol–water partition coefficient (Wildman–Crippen LogP) is 1.92. The maximum absolute atomic E-state index is 9.99. The van der Waals surface area contributed by atoms with Gasteiger partial charge in [-0.2, -0.15) is 0 Å². The Morgan fingerprint density at radius 3 is 2.33 bits per heavy atom. The fourth-order valence-corrected chi connectivity index (χ4v) is 0.605. The van der Waals surface area contributed by atoms with Crippen LogP contribution in [-0.2, 0) is 14.1 Å². The molecule has 0 rings (SSSR count). The van der Waals surface area contributed by atoms with E-state index >= 15 is 0 Å². The Morgan fingerprint density at radius 2 is 2.25 bits per heavy atom. The third-order valence-electron chi connectivity index (χ3n) is 0.632. The summed E-state index contributed by atoms with van der Waals surface area (Å²) in [4.78, 5) is 9.99. The molecule has 0 fully saturated rings. The van der Waals surface area contributed by atoms with E-state index in [1.165, 1.54) is 0 Å². The van der Waals surface area contributed by atoms with Crippen molar-refractivity contribution in [2.75, 3.05) is 6.61 Å². The highest BCUT2D eigenvalue weighted by atomic mass is 31.1. The van der Waals surface area contributed by atoms with Gasteiger partial charge in [0.25, 0.3) is 0 Å².